The van der Waals surface area contributed by atoms with Crippen molar-refractivity contribution in [2.24, 2.45) is 0 Å². The van der Waals surface area contributed by atoms with E-state index in [1.165, 1.54) is 23.1 Å². The molecule has 1 atom stereocenters. The molecule has 10 heteroatoms. The maximum atomic E-state index is 14.5. The van der Waals surface area contributed by atoms with Gasteiger partial charge in [0, 0.05) is 18.5 Å². The maximum absolute atomic E-state index is 14.5. The molecule has 4 aromatic rings. The lowest BCUT2D eigenvalue weighted by Gasteiger charge is -2.35. The molecule has 0 saturated heterocycles. The Hall–Kier alpha value is -3.85. The summed E-state index contributed by atoms with van der Waals surface area (Å²) in [5, 5.41) is 3.15. The average Bonchev–Trinajstić information content (AvgIpc) is 3.00. The normalized spacial score (nSPS) is 12.3. The number of carbonyl (C=O) groups excluding carboxylic acids is 2. The predicted molar refractivity (Wildman–Crippen MR) is 181 cm³/mol. The average molecular weight is 667 g/mol. The Morgan fingerprint density at radius 3 is 2.00 bits per heavy atom. The van der Waals surface area contributed by atoms with Crippen LogP contribution in [0.4, 0.5) is 5.69 Å². The number of rotatable bonds is 11. The summed E-state index contributed by atoms with van der Waals surface area (Å²) >= 11 is 12.9. The van der Waals surface area contributed by atoms with Gasteiger partial charge in [-0.15, -0.1) is 0 Å². The van der Waals surface area contributed by atoms with Crippen molar-refractivity contribution >= 4 is 50.7 Å². The third kappa shape index (κ3) is 8.87. The van der Waals surface area contributed by atoms with Gasteiger partial charge < -0.3 is 10.2 Å². The first-order valence-corrected chi connectivity index (χ1v) is 16.7. The van der Waals surface area contributed by atoms with Gasteiger partial charge in [-0.05, 0) is 63.1 Å². The quantitative estimate of drug-likeness (QED) is 0.186. The number of hydrogen-bond acceptors (Lipinski definition) is 4. The summed E-state index contributed by atoms with van der Waals surface area (Å²) in [6.07, 6.45) is 0.212. The zero-order chi connectivity index (χ0) is 32.8. The van der Waals surface area contributed by atoms with Gasteiger partial charge in [0.2, 0.25) is 11.8 Å². The topological polar surface area (TPSA) is 86.8 Å². The summed E-state index contributed by atoms with van der Waals surface area (Å²) in [5.74, 6) is -0.943. The smallest absolute Gasteiger partial charge is 0.264 e. The molecule has 0 aliphatic rings. The van der Waals surface area contributed by atoms with E-state index >= 15 is 0 Å². The van der Waals surface area contributed by atoms with E-state index in [2.05, 4.69) is 5.32 Å². The number of anilines is 1. The van der Waals surface area contributed by atoms with Gasteiger partial charge >= 0.3 is 0 Å². The number of nitrogens with zero attached hydrogens (tertiary/aromatic N) is 2. The summed E-state index contributed by atoms with van der Waals surface area (Å²) < 4.78 is 29.2. The monoisotopic (exact) mass is 665 g/mol. The van der Waals surface area contributed by atoms with Crippen LogP contribution in [0.15, 0.2) is 108 Å². The summed E-state index contributed by atoms with van der Waals surface area (Å²) in [7, 11) is -4.29. The number of hydrogen-bond donors (Lipinski definition) is 1. The van der Waals surface area contributed by atoms with Crippen LogP contribution in [-0.4, -0.2) is 43.3 Å². The Kier molecular flexibility index (Phi) is 11.0. The Morgan fingerprint density at radius 2 is 1.40 bits per heavy atom. The van der Waals surface area contributed by atoms with Crippen molar-refractivity contribution in [2.45, 2.75) is 57.1 Å². The van der Waals surface area contributed by atoms with E-state index in [1.807, 2.05) is 82.3 Å². The second-order valence-corrected chi connectivity index (χ2v) is 14.5. The van der Waals surface area contributed by atoms with Gasteiger partial charge in [-0.1, -0.05) is 108 Å². The van der Waals surface area contributed by atoms with Gasteiger partial charge in [0.25, 0.3) is 10.0 Å². The van der Waals surface area contributed by atoms with E-state index in [0.29, 0.717) is 0 Å². The summed E-state index contributed by atoms with van der Waals surface area (Å²) in [4.78, 5) is 29.9. The molecule has 1 N–H and O–H groups in total. The lowest BCUT2D eigenvalue weighted by Crippen LogP contribution is -2.56. The number of amides is 2. The van der Waals surface area contributed by atoms with Crippen LogP contribution in [0.3, 0.4) is 0 Å². The van der Waals surface area contributed by atoms with Gasteiger partial charge in [0.1, 0.15) is 12.6 Å². The van der Waals surface area contributed by atoms with E-state index in [4.69, 9.17) is 23.2 Å². The Labute approximate surface area is 275 Å². The Balaban J connectivity index is 1.84. The van der Waals surface area contributed by atoms with Crippen molar-refractivity contribution in [3.63, 3.8) is 0 Å². The van der Waals surface area contributed by atoms with Crippen LogP contribution in [0, 0.1) is 6.92 Å². The minimum atomic E-state index is -4.29. The molecule has 0 heterocycles. The van der Waals surface area contributed by atoms with Gasteiger partial charge in [0.15, 0.2) is 0 Å². The fourth-order valence-corrected chi connectivity index (χ4v) is 6.71. The Bertz CT molecular complexity index is 1730. The highest BCUT2D eigenvalue weighted by molar-refractivity contribution is 7.92. The zero-order valence-corrected chi connectivity index (χ0v) is 28.0. The molecule has 2 amide bonds. The standard InChI is InChI=1S/C35H37Cl2N3O4S/c1-25-18-20-27(21-19-25)23-39(31(34(42)38-35(2,3)4)22-26-12-7-5-8-13-26)32(41)24-40(30-17-11-16-29(36)33(30)37)45(43,44)28-14-9-6-10-15-28/h5-21,31H,22-24H2,1-4H3,(H,38,42)/t31-/m1/s1. The van der Waals surface area contributed by atoms with Gasteiger partial charge in [-0.3, -0.25) is 13.9 Å². The lowest BCUT2D eigenvalue weighted by molar-refractivity contribution is -0.140. The van der Waals surface area contributed by atoms with Gasteiger partial charge in [-0.25, -0.2) is 8.42 Å². The molecule has 0 saturated carbocycles. The van der Waals surface area contributed by atoms with Gasteiger partial charge in [0.05, 0.1) is 20.6 Å². The minimum absolute atomic E-state index is 0.0112. The van der Waals surface area contributed by atoms with E-state index < -0.39 is 34.1 Å². The molecule has 4 rings (SSSR count). The van der Waals surface area contributed by atoms with Crippen molar-refractivity contribution in [1.29, 1.82) is 0 Å². The third-order valence-corrected chi connectivity index (χ3v) is 9.64. The minimum Gasteiger partial charge on any atom is -0.350 e. The molecule has 45 heavy (non-hydrogen) atoms. The van der Waals surface area contributed by atoms with Crippen LogP contribution in [0.5, 0.6) is 0 Å². The highest BCUT2D eigenvalue weighted by Gasteiger charge is 2.36. The number of halogens is 2. The molecular formula is C35H37Cl2N3O4S. The van der Waals surface area contributed by atoms with Crippen molar-refractivity contribution in [2.75, 3.05) is 10.8 Å². The molecule has 0 aromatic heterocycles. The van der Waals surface area contributed by atoms with E-state index in [1.54, 1.807) is 30.3 Å². The van der Waals surface area contributed by atoms with E-state index in [9.17, 15) is 18.0 Å². The molecule has 4 aromatic carbocycles. The molecule has 7 nitrogen and oxygen atoms in total. The van der Waals surface area contributed by atoms with Crippen LogP contribution in [0.25, 0.3) is 0 Å². The molecule has 0 radical (unpaired) electrons. The highest BCUT2D eigenvalue weighted by Crippen LogP contribution is 2.35. The summed E-state index contributed by atoms with van der Waals surface area (Å²) in [6.45, 7) is 7.00. The highest BCUT2D eigenvalue weighted by atomic mass is 35.5. The largest absolute Gasteiger partial charge is 0.350 e. The van der Waals surface area contributed by atoms with Crippen LogP contribution in [0.2, 0.25) is 10.0 Å². The molecule has 0 aliphatic carbocycles. The first-order valence-electron chi connectivity index (χ1n) is 14.5. The number of aryl methyl sites for hydroxylation is 1. The molecule has 0 unspecified atom stereocenters. The molecule has 0 spiro atoms. The first kappa shape index (κ1) is 34.0. The molecular weight excluding hydrogens is 629 g/mol. The number of carbonyl (C=O) groups is 2. The molecule has 0 fully saturated rings. The predicted octanol–water partition coefficient (Wildman–Crippen LogP) is 7.05. The number of benzene rings is 4. The molecule has 0 aliphatic heterocycles. The van der Waals surface area contributed by atoms with Crippen LogP contribution < -0.4 is 9.62 Å². The van der Waals surface area contributed by atoms with Crippen molar-refractivity contribution in [1.82, 2.24) is 10.2 Å². The van der Waals surface area contributed by atoms with Crippen molar-refractivity contribution in [3.05, 3.63) is 130 Å². The summed E-state index contributed by atoms with van der Waals surface area (Å²) in [5.41, 5.74) is 2.14. The van der Waals surface area contributed by atoms with Gasteiger partial charge in [-0.2, -0.15) is 0 Å². The fourth-order valence-electron chi connectivity index (χ4n) is 4.82. The van der Waals surface area contributed by atoms with Crippen molar-refractivity contribution in [3.8, 4) is 0 Å². The first-order chi connectivity index (χ1) is 21.3. The zero-order valence-electron chi connectivity index (χ0n) is 25.7. The second-order valence-electron chi connectivity index (χ2n) is 11.8. The molecule has 236 valence electrons. The van der Waals surface area contributed by atoms with E-state index in [0.717, 1.165) is 21.0 Å². The van der Waals surface area contributed by atoms with Crippen LogP contribution >= 0.6 is 23.2 Å². The van der Waals surface area contributed by atoms with E-state index in [-0.39, 0.29) is 39.5 Å². The second kappa shape index (κ2) is 14.5. The van der Waals surface area contributed by atoms with Crippen molar-refractivity contribution < 1.29 is 18.0 Å². The van der Waals surface area contributed by atoms with Crippen LogP contribution in [-0.2, 0) is 32.6 Å². The number of nitrogens with one attached hydrogen (secondary N) is 1. The third-order valence-electron chi connectivity index (χ3n) is 7.05. The maximum Gasteiger partial charge on any atom is 0.264 e. The van der Waals surface area contributed by atoms with Crippen LogP contribution in [0.1, 0.15) is 37.5 Å². The Morgan fingerprint density at radius 1 is 0.800 bits per heavy atom. The fraction of sp³-hybridized carbons (Fsp3) is 0.257. The SMILES string of the molecule is Cc1ccc(CN(C(=O)CN(c2cccc(Cl)c2Cl)S(=O)(=O)c2ccccc2)[C@H](Cc2ccccc2)C(=O)NC(C)(C)C)cc1. The lowest BCUT2D eigenvalue weighted by atomic mass is 10.0. The number of sulfonamides is 1. The summed E-state index contributed by atoms with van der Waals surface area (Å²) in [6, 6.07) is 28.5. The molecule has 0 bridgehead atoms.